The van der Waals surface area contributed by atoms with Crippen LogP contribution in [0.15, 0.2) is 36.8 Å². The highest BCUT2D eigenvalue weighted by Crippen LogP contribution is 2.28. The van der Waals surface area contributed by atoms with Gasteiger partial charge in [-0.2, -0.15) is 0 Å². The number of hydrogen-bond acceptors (Lipinski definition) is 6. The highest BCUT2D eigenvalue weighted by Gasteiger charge is 2.22. The van der Waals surface area contributed by atoms with E-state index >= 15 is 0 Å². The van der Waals surface area contributed by atoms with E-state index in [1.54, 1.807) is 12.1 Å². The number of carbonyl (C=O) groups is 1. The lowest BCUT2D eigenvalue weighted by Gasteiger charge is -2.33. The lowest BCUT2D eigenvalue weighted by Crippen LogP contribution is -2.45. The molecule has 7 nitrogen and oxygen atoms in total. The predicted octanol–water partition coefficient (Wildman–Crippen LogP) is 2.42. The Labute approximate surface area is 173 Å². The molecule has 9 heteroatoms. The third-order valence-electron chi connectivity index (χ3n) is 4.49. The van der Waals surface area contributed by atoms with Crippen molar-refractivity contribution in [2.75, 3.05) is 26.2 Å². The van der Waals surface area contributed by atoms with Crippen molar-refractivity contribution in [3.63, 3.8) is 0 Å². The number of ether oxygens (including phenoxy) is 1. The molecule has 1 aromatic heterocycles. The van der Waals surface area contributed by atoms with Crippen molar-refractivity contribution < 1.29 is 14.6 Å². The van der Waals surface area contributed by atoms with Crippen LogP contribution in [0.4, 0.5) is 0 Å². The standard InChI is InChI=1S/C19H22Cl2N4O3/c20-16-2-1-15(9-17(16)21)28-14-3-7-25(8-4-14)12-13(26)10-24-19(27)18-11-22-5-6-23-18/h1-2,5-6,9,11,13-14,26H,3-4,7-8,10,12H2,(H,24,27)/t13-/m1/s1. The maximum atomic E-state index is 11.9. The third-order valence-corrected chi connectivity index (χ3v) is 5.23. The Morgan fingerprint density at radius 1 is 1.29 bits per heavy atom. The second kappa shape index (κ2) is 10.0. The van der Waals surface area contributed by atoms with Gasteiger partial charge in [0, 0.05) is 44.6 Å². The number of aliphatic hydroxyl groups is 1. The number of piperidine rings is 1. The number of benzene rings is 1. The zero-order valence-electron chi connectivity index (χ0n) is 15.2. The zero-order chi connectivity index (χ0) is 19.9. The van der Waals surface area contributed by atoms with Gasteiger partial charge in [-0.1, -0.05) is 23.2 Å². The number of aromatic nitrogens is 2. The number of hydrogen-bond donors (Lipinski definition) is 2. The minimum Gasteiger partial charge on any atom is -0.490 e. The first kappa shape index (κ1) is 20.8. The van der Waals surface area contributed by atoms with Gasteiger partial charge >= 0.3 is 0 Å². The number of carbonyl (C=O) groups excluding carboxylic acids is 1. The van der Waals surface area contributed by atoms with Crippen LogP contribution in [0.2, 0.25) is 10.0 Å². The average Bonchev–Trinajstić information content (AvgIpc) is 2.71. The lowest BCUT2D eigenvalue weighted by molar-refractivity contribution is 0.0593. The second-order valence-electron chi connectivity index (χ2n) is 6.65. The summed E-state index contributed by atoms with van der Waals surface area (Å²) in [4.78, 5) is 21.9. The quantitative estimate of drug-likeness (QED) is 0.709. The monoisotopic (exact) mass is 424 g/mol. The molecule has 1 aliphatic heterocycles. The van der Waals surface area contributed by atoms with E-state index in [9.17, 15) is 9.90 Å². The molecule has 150 valence electrons. The molecular formula is C19H22Cl2N4O3. The Morgan fingerprint density at radius 3 is 2.75 bits per heavy atom. The van der Waals surface area contributed by atoms with E-state index in [0.717, 1.165) is 25.9 Å². The summed E-state index contributed by atoms with van der Waals surface area (Å²) in [6.45, 7) is 2.26. The maximum Gasteiger partial charge on any atom is 0.271 e. The summed E-state index contributed by atoms with van der Waals surface area (Å²) in [5.74, 6) is 0.362. The van der Waals surface area contributed by atoms with Crippen LogP contribution < -0.4 is 10.1 Å². The summed E-state index contributed by atoms with van der Waals surface area (Å²) in [5, 5.41) is 13.9. The SMILES string of the molecule is O=C(NC[C@@H](O)CN1CCC(Oc2ccc(Cl)c(Cl)c2)CC1)c1cnccn1. The van der Waals surface area contributed by atoms with Gasteiger partial charge in [-0.3, -0.25) is 9.78 Å². The summed E-state index contributed by atoms with van der Waals surface area (Å²) in [5.41, 5.74) is 0.231. The Balaban J connectivity index is 1.37. The number of nitrogens with zero attached hydrogens (tertiary/aromatic N) is 3. The first-order valence-corrected chi connectivity index (χ1v) is 9.83. The zero-order valence-corrected chi connectivity index (χ0v) is 16.7. The van der Waals surface area contributed by atoms with E-state index in [1.165, 1.54) is 18.6 Å². The highest BCUT2D eigenvalue weighted by molar-refractivity contribution is 6.42. The minimum atomic E-state index is -0.659. The number of rotatable bonds is 7. The van der Waals surface area contributed by atoms with Gasteiger partial charge in [0.1, 0.15) is 17.5 Å². The van der Waals surface area contributed by atoms with Crippen LogP contribution in [-0.2, 0) is 0 Å². The Hall–Kier alpha value is -1.93. The van der Waals surface area contributed by atoms with E-state index in [2.05, 4.69) is 20.2 Å². The number of aliphatic hydroxyl groups excluding tert-OH is 1. The Morgan fingerprint density at radius 2 is 2.07 bits per heavy atom. The topological polar surface area (TPSA) is 87.6 Å². The van der Waals surface area contributed by atoms with Crippen molar-refractivity contribution in [1.29, 1.82) is 0 Å². The van der Waals surface area contributed by atoms with Gasteiger partial charge in [0.2, 0.25) is 0 Å². The second-order valence-corrected chi connectivity index (χ2v) is 7.46. The van der Waals surface area contributed by atoms with E-state index in [0.29, 0.717) is 22.3 Å². The molecule has 1 aliphatic rings. The fourth-order valence-corrected chi connectivity index (χ4v) is 3.32. The summed E-state index contributed by atoms with van der Waals surface area (Å²) < 4.78 is 5.97. The minimum absolute atomic E-state index is 0.0991. The predicted molar refractivity (Wildman–Crippen MR) is 107 cm³/mol. The fraction of sp³-hybridized carbons (Fsp3) is 0.421. The van der Waals surface area contributed by atoms with Crippen molar-refractivity contribution in [2.24, 2.45) is 0 Å². The molecular weight excluding hydrogens is 403 g/mol. The summed E-state index contributed by atoms with van der Waals surface area (Å²) in [6.07, 6.45) is 5.48. The van der Waals surface area contributed by atoms with Crippen molar-refractivity contribution in [2.45, 2.75) is 25.0 Å². The molecule has 1 fully saturated rings. The highest BCUT2D eigenvalue weighted by atomic mass is 35.5. The van der Waals surface area contributed by atoms with Gasteiger partial charge in [0.15, 0.2) is 0 Å². The van der Waals surface area contributed by atoms with Crippen LogP contribution in [0.1, 0.15) is 23.3 Å². The lowest BCUT2D eigenvalue weighted by atomic mass is 10.1. The number of β-amino-alcohol motifs (C(OH)–C–C–N with tert-alkyl or cyclic N) is 1. The molecule has 28 heavy (non-hydrogen) atoms. The first-order valence-electron chi connectivity index (χ1n) is 9.07. The van der Waals surface area contributed by atoms with Gasteiger partial charge in [0.05, 0.1) is 22.3 Å². The third kappa shape index (κ3) is 6.04. The number of likely N-dealkylation sites (tertiary alicyclic amines) is 1. The maximum absolute atomic E-state index is 11.9. The molecule has 0 radical (unpaired) electrons. The molecule has 1 atom stereocenters. The van der Waals surface area contributed by atoms with Gasteiger partial charge < -0.3 is 20.1 Å². The van der Waals surface area contributed by atoms with Crippen LogP contribution in [0.5, 0.6) is 5.75 Å². The smallest absolute Gasteiger partial charge is 0.271 e. The van der Waals surface area contributed by atoms with Gasteiger partial charge in [-0.25, -0.2) is 4.98 Å². The van der Waals surface area contributed by atoms with E-state index in [-0.39, 0.29) is 24.2 Å². The Kier molecular flexibility index (Phi) is 7.44. The van der Waals surface area contributed by atoms with Crippen LogP contribution in [-0.4, -0.2) is 64.3 Å². The van der Waals surface area contributed by atoms with Crippen molar-refractivity contribution in [3.05, 3.63) is 52.5 Å². The molecule has 1 amide bonds. The molecule has 0 saturated carbocycles. The van der Waals surface area contributed by atoms with E-state index < -0.39 is 6.10 Å². The van der Waals surface area contributed by atoms with E-state index in [4.69, 9.17) is 27.9 Å². The van der Waals surface area contributed by atoms with Crippen LogP contribution in [0.3, 0.4) is 0 Å². The molecule has 0 spiro atoms. The first-order chi connectivity index (χ1) is 13.5. The molecule has 1 saturated heterocycles. The largest absolute Gasteiger partial charge is 0.490 e. The number of nitrogens with one attached hydrogen (secondary N) is 1. The van der Waals surface area contributed by atoms with Crippen molar-refractivity contribution in [3.8, 4) is 5.75 Å². The molecule has 0 unspecified atom stereocenters. The van der Waals surface area contributed by atoms with Gasteiger partial charge in [0.25, 0.3) is 5.91 Å². The molecule has 0 aliphatic carbocycles. The number of halogens is 2. The normalized spacial score (nSPS) is 16.5. The molecule has 2 aromatic rings. The van der Waals surface area contributed by atoms with Crippen molar-refractivity contribution in [1.82, 2.24) is 20.2 Å². The average molecular weight is 425 g/mol. The molecule has 0 bridgehead atoms. The number of amides is 1. The van der Waals surface area contributed by atoms with E-state index in [1.807, 2.05) is 6.07 Å². The molecule has 3 rings (SSSR count). The molecule has 2 N–H and O–H groups in total. The van der Waals surface area contributed by atoms with Gasteiger partial charge in [-0.15, -0.1) is 0 Å². The fourth-order valence-electron chi connectivity index (χ4n) is 3.03. The van der Waals surface area contributed by atoms with Gasteiger partial charge in [-0.05, 0) is 25.0 Å². The summed E-state index contributed by atoms with van der Waals surface area (Å²) >= 11 is 11.9. The Bertz CT molecular complexity index is 786. The molecule has 2 heterocycles. The summed E-state index contributed by atoms with van der Waals surface area (Å²) in [7, 11) is 0. The molecule has 1 aromatic carbocycles. The summed E-state index contributed by atoms with van der Waals surface area (Å²) in [6, 6.07) is 5.25. The van der Waals surface area contributed by atoms with Crippen molar-refractivity contribution >= 4 is 29.1 Å². The van der Waals surface area contributed by atoms with Crippen LogP contribution >= 0.6 is 23.2 Å². The van der Waals surface area contributed by atoms with Crippen LogP contribution in [0.25, 0.3) is 0 Å². The van der Waals surface area contributed by atoms with Crippen LogP contribution in [0, 0.1) is 0 Å².